The monoisotopic (exact) mass is 198 g/mol. The number of unbranched alkanes of at least 4 members (excludes halogenated alkanes) is 4. The summed E-state index contributed by atoms with van der Waals surface area (Å²) in [5.74, 6) is 0. The molecular formula is C12H26N2. The highest BCUT2D eigenvalue weighted by molar-refractivity contribution is 4.90. The Morgan fingerprint density at radius 3 is 2.29 bits per heavy atom. The molecule has 0 aromatic rings. The van der Waals surface area contributed by atoms with Gasteiger partial charge in [-0.1, -0.05) is 31.4 Å². The zero-order valence-corrected chi connectivity index (χ0v) is 9.89. The maximum absolute atomic E-state index is 5.43. The van der Waals surface area contributed by atoms with Crippen molar-refractivity contribution in [2.75, 3.05) is 26.7 Å². The Morgan fingerprint density at radius 2 is 1.71 bits per heavy atom. The average Bonchev–Trinajstić information content (AvgIpc) is 2.10. The van der Waals surface area contributed by atoms with Crippen LogP contribution >= 0.6 is 0 Å². The summed E-state index contributed by atoms with van der Waals surface area (Å²) in [4.78, 5) is 2.34. The zero-order valence-electron chi connectivity index (χ0n) is 9.89. The quantitative estimate of drug-likeness (QED) is 0.455. The highest BCUT2D eigenvalue weighted by Crippen LogP contribution is 2.03. The molecule has 0 aromatic carbocycles. The molecule has 14 heavy (non-hydrogen) atoms. The lowest BCUT2D eigenvalue weighted by atomic mass is 10.1. The second-order valence-corrected chi connectivity index (χ2v) is 4.25. The highest BCUT2D eigenvalue weighted by Gasteiger charge is 1.97. The fourth-order valence-corrected chi connectivity index (χ4v) is 1.60. The predicted octanol–water partition coefficient (Wildman–Crippen LogP) is 2.40. The van der Waals surface area contributed by atoms with Crippen molar-refractivity contribution in [2.45, 2.75) is 39.0 Å². The van der Waals surface area contributed by atoms with Gasteiger partial charge in [0.05, 0.1) is 0 Å². The largest absolute Gasteiger partial charge is 0.330 e. The summed E-state index contributed by atoms with van der Waals surface area (Å²) in [7, 11) is 2.16. The first-order valence-corrected chi connectivity index (χ1v) is 5.70. The van der Waals surface area contributed by atoms with Gasteiger partial charge in [0.2, 0.25) is 0 Å². The minimum Gasteiger partial charge on any atom is -0.330 e. The van der Waals surface area contributed by atoms with Crippen LogP contribution in [0, 0.1) is 0 Å². The fraction of sp³-hybridized carbons (Fsp3) is 0.833. The van der Waals surface area contributed by atoms with E-state index in [0.29, 0.717) is 0 Å². The molecule has 84 valence electrons. The fourth-order valence-electron chi connectivity index (χ4n) is 1.60. The molecule has 0 amide bonds. The van der Waals surface area contributed by atoms with E-state index in [1.807, 2.05) is 0 Å². The van der Waals surface area contributed by atoms with Gasteiger partial charge in [-0.05, 0) is 39.9 Å². The van der Waals surface area contributed by atoms with Gasteiger partial charge in [-0.3, -0.25) is 0 Å². The normalized spacial score (nSPS) is 10.9. The minimum atomic E-state index is 0.843. The predicted molar refractivity (Wildman–Crippen MR) is 64.5 cm³/mol. The third kappa shape index (κ3) is 9.75. The van der Waals surface area contributed by atoms with Crippen LogP contribution in [-0.2, 0) is 0 Å². The van der Waals surface area contributed by atoms with Gasteiger partial charge in [0, 0.05) is 6.54 Å². The molecule has 0 spiro atoms. The van der Waals surface area contributed by atoms with Crippen LogP contribution in [0.15, 0.2) is 12.2 Å². The number of likely N-dealkylation sites (N-methyl/N-ethyl adjacent to an activating group) is 1. The van der Waals surface area contributed by atoms with Gasteiger partial charge in [0.15, 0.2) is 0 Å². The van der Waals surface area contributed by atoms with E-state index in [0.717, 1.165) is 13.1 Å². The topological polar surface area (TPSA) is 29.3 Å². The second kappa shape index (κ2) is 9.22. The van der Waals surface area contributed by atoms with Crippen molar-refractivity contribution in [2.24, 2.45) is 5.73 Å². The summed E-state index contributed by atoms with van der Waals surface area (Å²) in [6, 6.07) is 0. The molecule has 0 aliphatic rings. The lowest BCUT2D eigenvalue weighted by molar-refractivity contribution is 0.349. The highest BCUT2D eigenvalue weighted by atomic mass is 15.1. The first-order valence-electron chi connectivity index (χ1n) is 5.70. The van der Waals surface area contributed by atoms with Crippen molar-refractivity contribution in [1.82, 2.24) is 4.90 Å². The van der Waals surface area contributed by atoms with Crippen molar-refractivity contribution >= 4 is 0 Å². The average molecular weight is 198 g/mol. The Balaban J connectivity index is 3.14. The van der Waals surface area contributed by atoms with E-state index < -0.39 is 0 Å². The zero-order chi connectivity index (χ0) is 10.8. The van der Waals surface area contributed by atoms with Crippen LogP contribution in [0.25, 0.3) is 0 Å². The lowest BCUT2D eigenvalue weighted by Gasteiger charge is -2.15. The van der Waals surface area contributed by atoms with Crippen LogP contribution < -0.4 is 5.73 Å². The van der Waals surface area contributed by atoms with Crippen molar-refractivity contribution in [3.63, 3.8) is 0 Å². The van der Waals surface area contributed by atoms with Gasteiger partial charge in [-0.2, -0.15) is 0 Å². The molecule has 0 aromatic heterocycles. The van der Waals surface area contributed by atoms with E-state index in [4.69, 9.17) is 5.73 Å². The molecule has 2 nitrogen and oxygen atoms in total. The Morgan fingerprint density at radius 1 is 1.14 bits per heavy atom. The summed E-state index contributed by atoms with van der Waals surface area (Å²) in [5.41, 5.74) is 6.67. The summed E-state index contributed by atoms with van der Waals surface area (Å²) >= 11 is 0. The summed E-state index contributed by atoms with van der Waals surface area (Å²) < 4.78 is 0. The smallest absolute Gasteiger partial charge is 0.0184 e. The number of nitrogens with zero attached hydrogens (tertiary/aromatic N) is 1. The molecule has 0 radical (unpaired) electrons. The third-order valence-electron chi connectivity index (χ3n) is 2.28. The van der Waals surface area contributed by atoms with Gasteiger partial charge >= 0.3 is 0 Å². The van der Waals surface area contributed by atoms with Crippen LogP contribution in [0.2, 0.25) is 0 Å². The molecule has 0 saturated heterocycles. The molecule has 2 N–H and O–H groups in total. The first kappa shape index (κ1) is 13.7. The Kier molecular flexibility index (Phi) is 9.00. The van der Waals surface area contributed by atoms with E-state index in [1.165, 1.54) is 44.2 Å². The van der Waals surface area contributed by atoms with Crippen LogP contribution in [0.3, 0.4) is 0 Å². The third-order valence-corrected chi connectivity index (χ3v) is 2.28. The van der Waals surface area contributed by atoms with Gasteiger partial charge < -0.3 is 10.6 Å². The standard InChI is InChI=1S/C12H26N2/c1-12(2)11-14(3)10-8-6-4-5-7-9-13/h1,4-11,13H2,2-3H3. The van der Waals surface area contributed by atoms with E-state index in [9.17, 15) is 0 Å². The van der Waals surface area contributed by atoms with E-state index in [1.54, 1.807) is 0 Å². The summed E-state index contributed by atoms with van der Waals surface area (Å²) in [6.07, 6.45) is 6.44. The first-order chi connectivity index (χ1) is 6.66. The molecule has 0 atom stereocenters. The van der Waals surface area contributed by atoms with E-state index in [-0.39, 0.29) is 0 Å². The molecule has 0 heterocycles. The Bertz CT molecular complexity index is 143. The van der Waals surface area contributed by atoms with Crippen LogP contribution in [0.1, 0.15) is 39.0 Å². The van der Waals surface area contributed by atoms with Gasteiger partial charge in [-0.25, -0.2) is 0 Å². The van der Waals surface area contributed by atoms with Crippen LogP contribution in [-0.4, -0.2) is 31.6 Å². The molecular weight excluding hydrogens is 172 g/mol. The molecule has 0 aliphatic heterocycles. The van der Waals surface area contributed by atoms with Crippen molar-refractivity contribution in [3.8, 4) is 0 Å². The molecule has 2 heteroatoms. The number of hydrogen-bond acceptors (Lipinski definition) is 2. The molecule has 0 fully saturated rings. The Labute approximate surface area is 89.2 Å². The number of rotatable bonds is 9. The molecule has 0 aliphatic carbocycles. The molecule has 0 bridgehead atoms. The second-order valence-electron chi connectivity index (χ2n) is 4.25. The molecule has 0 unspecified atom stereocenters. The summed E-state index contributed by atoms with van der Waals surface area (Å²) in [5, 5.41) is 0. The van der Waals surface area contributed by atoms with Crippen molar-refractivity contribution < 1.29 is 0 Å². The lowest BCUT2D eigenvalue weighted by Crippen LogP contribution is -2.21. The van der Waals surface area contributed by atoms with Gasteiger partial charge in [-0.15, -0.1) is 0 Å². The SMILES string of the molecule is C=C(C)CN(C)CCCCCCCN. The maximum Gasteiger partial charge on any atom is 0.0184 e. The Hall–Kier alpha value is -0.340. The van der Waals surface area contributed by atoms with Crippen LogP contribution in [0.5, 0.6) is 0 Å². The van der Waals surface area contributed by atoms with Crippen LogP contribution in [0.4, 0.5) is 0 Å². The van der Waals surface area contributed by atoms with Gasteiger partial charge in [0.1, 0.15) is 0 Å². The maximum atomic E-state index is 5.43. The van der Waals surface area contributed by atoms with Gasteiger partial charge in [0.25, 0.3) is 0 Å². The number of hydrogen-bond donors (Lipinski definition) is 1. The van der Waals surface area contributed by atoms with Crippen molar-refractivity contribution in [1.29, 1.82) is 0 Å². The molecule has 0 saturated carbocycles. The summed E-state index contributed by atoms with van der Waals surface area (Å²) in [6.45, 7) is 9.05. The van der Waals surface area contributed by atoms with E-state index in [2.05, 4.69) is 25.5 Å². The minimum absolute atomic E-state index is 0.843. The van der Waals surface area contributed by atoms with Crippen molar-refractivity contribution in [3.05, 3.63) is 12.2 Å². The molecule has 0 rings (SSSR count). The number of nitrogens with two attached hydrogens (primary N) is 1. The van der Waals surface area contributed by atoms with E-state index >= 15 is 0 Å².